The summed E-state index contributed by atoms with van der Waals surface area (Å²) in [4.78, 5) is 7.98. The smallest absolute Gasteiger partial charge is 0.138 e. The van der Waals surface area contributed by atoms with Gasteiger partial charge in [0.2, 0.25) is 0 Å². The van der Waals surface area contributed by atoms with Crippen LogP contribution < -0.4 is 5.19 Å². The lowest BCUT2D eigenvalue weighted by molar-refractivity contribution is 0.834. The molecule has 2 aromatic heterocycles. The molecule has 1 N–H and O–H groups in total. The van der Waals surface area contributed by atoms with Crippen LogP contribution in [0.15, 0.2) is 12.4 Å². The highest BCUT2D eigenvalue weighted by molar-refractivity contribution is 6.96. The van der Waals surface area contributed by atoms with Crippen molar-refractivity contribution in [2.24, 2.45) is 0 Å². The highest BCUT2D eigenvalue weighted by Crippen LogP contribution is 2.43. The molecule has 0 amide bonds. The molecular weight excluding hydrogens is 308 g/mol. The van der Waals surface area contributed by atoms with Gasteiger partial charge in [-0.15, -0.1) is 0 Å². The Morgan fingerprint density at radius 2 is 1.64 bits per heavy atom. The lowest BCUT2D eigenvalue weighted by Crippen LogP contribution is -2.56. The van der Waals surface area contributed by atoms with Crippen molar-refractivity contribution in [1.29, 1.82) is 0 Å². The van der Waals surface area contributed by atoms with E-state index < -0.39 is 8.07 Å². The van der Waals surface area contributed by atoms with Crippen LogP contribution in [0.1, 0.15) is 54.0 Å². The maximum Gasteiger partial charge on any atom is 0.138 e. The fourth-order valence-corrected chi connectivity index (χ4v) is 12.0. The summed E-state index contributed by atoms with van der Waals surface area (Å²) in [5.41, 5.74) is 4.09. The fourth-order valence-electron chi connectivity index (χ4n) is 4.63. The average molecular weight is 337 g/mol. The first kappa shape index (κ1) is 17.5. The van der Waals surface area contributed by atoms with Crippen LogP contribution in [0.5, 0.6) is 0 Å². The molecule has 0 unspecified atom stereocenters. The van der Waals surface area contributed by atoms with Gasteiger partial charge in [0.25, 0.3) is 0 Å². The molecule has 2 rings (SSSR count). The molecule has 0 radical (unpaired) electrons. The first-order valence-electron chi connectivity index (χ1n) is 8.43. The minimum absolute atomic E-state index is 0.633. The molecule has 0 bridgehead atoms. The molecule has 0 saturated carbocycles. The number of hydrogen-bond donors (Lipinski definition) is 1. The van der Waals surface area contributed by atoms with Gasteiger partial charge in [-0.05, 0) is 33.8 Å². The zero-order valence-electron chi connectivity index (χ0n) is 14.9. The van der Waals surface area contributed by atoms with Crippen LogP contribution in [0, 0.1) is 0 Å². The molecule has 2 heterocycles. The van der Waals surface area contributed by atoms with Crippen molar-refractivity contribution in [3.63, 3.8) is 0 Å². The zero-order chi connectivity index (χ0) is 16.7. The average Bonchev–Trinajstić information content (AvgIpc) is 2.84. The van der Waals surface area contributed by atoms with Crippen LogP contribution in [-0.4, -0.2) is 18.0 Å². The number of H-pyrrole nitrogens is 1. The molecule has 0 fully saturated rings. The van der Waals surface area contributed by atoms with Crippen molar-refractivity contribution in [2.75, 3.05) is 0 Å². The van der Waals surface area contributed by atoms with Gasteiger partial charge in [-0.1, -0.05) is 60.1 Å². The van der Waals surface area contributed by atoms with Gasteiger partial charge in [0.05, 0.1) is 13.1 Å². The Balaban J connectivity index is 2.83. The molecule has 0 saturated heterocycles. The molecular formula is C18H29ClN2Si. The molecule has 0 aromatic carbocycles. The number of rotatable bonds is 5. The number of aryl methyl sites for hydroxylation is 1. The third kappa shape index (κ3) is 2.43. The zero-order valence-corrected chi connectivity index (χ0v) is 16.7. The minimum Gasteiger partial charge on any atom is -0.346 e. The molecule has 0 spiro atoms. The van der Waals surface area contributed by atoms with Gasteiger partial charge in [-0.25, -0.2) is 4.98 Å². The van der Waals surface area contributed by atoms with E-state index in [1.54, 1.807) is 0 Å². The molecule has 4 heteroatoms. The topological polar surface area (TPSA) is 28.7 Å². The lowest BCUT2D eigenvalue weighted by Gasteiger charge is -2.43. The van der Waals surface area contributed by atoms with E-state index in [4.69, 9.17) is 16.6 Å². The quantitative estimate of drug-likeness (QED) is 0.700. The SMILES string of the molecule is CCc1c[nH]c2ncc([Si](C(C)C)(C(C)C)C(C)C)c(Cl)c12. The second kappa shape index (κ2) is 6.36. The monoisotopic (exact) mass is 336 g/mol. The normalized spacial score (nSPS) is 13.0. The van der Waals surface area contributed by atoms with Crippen LogP contribution in [-0.2, 0) is 6.42 Å². The Morgan fingerprint density at radius 1 is 1.09 bits per heavy atom. The van der Waals surface area contributed by atoms with E-state index in [1.165, 1.54) is 10.8 Å². The first-order chi connectivity index (χ1) is 10.3. The first-order valence-corrected chi connectivity index (χ1v) is 11.0. The van der Waals surface area contributed by atoms with E-state index in [0.29, 0.717) is 16.6 Å². The number of pyridine rings is 1. The van der Waals surface area contributed by atoms with Crippen molar-refractivity contribution in [2.45, 2.75) is 71.5 Å². The van der Waals surface area contributed by atoms with Gasteiger partial charge in [0.1, 0.15) is 5.65 Å². The standard InChI is InChI=1S/C18H29ClN2Si/c1-8-14-9-20-18-16(14)17(19)15(10-21-18)22(11(2)3,12(4)5)13(6)7/h9-13H,8H2,1-7H3,(H,20,21). The molecule has 0 atom stereocenters. The van der Waals surface area contributed by atoms with Crippen LogP contribution >= 0.6 is 11.6 Å². The molecule has 2 nitrogen and oxygen atoms in total. The van der Waals surface area contributed by atoms with Gasteiger partial charge in [0.15, 0.2) is 0 Å². The van der Waals surface area contributed by atoms with Crippen molar-refractivity contribution in [1.82, 2.24) is 9.97 Å². The summed E-state index contributed by atoms with van der Waals surface area (Å²) in [5, 5.41) is 3.43. The Hall–Kier alpha value is -0.803. The summed E-state index contributed by atoms with van der Waals surface area (Å²) in [6.45, 7) is 16.4. The number of hydrogen-bond acceptors (Lipinski definition) is 1. The van der Waals surface area contributed by atoms with Crippen molar-refractivity contribution in [3.05, 3.63) is 23.0 Å². The molecule has 22 heavy (non-hydrogen) atoms. The van der Waals surface area contributed by atoms with Crippen LogP contribution in [0.25, 0.3) is 11.0 Å². The van der Waals surface area contributed by atoms with E-state index in [-0.39, 0.29) is 0 Å². The summed E-state index contributed by atoms with van der Waals surface area (Å²) < 4.78 is 0. The second-order valence-electron chi connectivity index (χ2n) is 7.27. The number of halogens is 1. The summed E-state index contributed by atoms with van der Waals surface area (Å²) in [7, 11) is -1.78. The maximum atomic E-state index is 6.96. The number of aromatic nitrogens is 2. The van der Waals surface area contributed by atoms with Crippen LogP contribution in [0.3, 0.4) is 0 Å². The van der Waals surface area contributed by atoms with Gasteiger partial charge in [-0.2, -0.15) is 0 Å². The Kier molecular flexibility index (Phi) is 5.08. The Labute approximate surface area is 140 Å². The van der Waals surface area contributed by atoms with E-state index in [9.17, 15) is 0 Å². The molecule has 2 aromatic rings. The van der Waals surface area contributed by atoms with E-state index >= 15 is 0 Å². The Bertz CT molecular complexity index is 637. The van der Waals surface area contributed by atoms with Gasteiger partial charge in [0, 0.05) is 17.8 Å². The third-order valence-corrected chi connectivity index (χ3v) is 13.0. The van der Waals surface area contributed by atoms with Crippen molar-refractivity contribution in [3.8, 4) is 0 Å². The third-order valence-electron chi connectivity index (χ3n) is 5.43. The van der Waals surface area contributed by atoms with E-state index in [2.05, 4.69) is 65.8 Å². The number of nitrogens with zero attached hydrogens (tertiary/aromatic N) is 1. The highest BCUT2D eigenvalue weighted by Gasteiger charge is 2.46. The lowest BCUT2D eigenvalue weighted by atomic mass is 10.2. The molecule has 122 valence electrons. The van der Waals surface area contributed by atoms with E-state index in [1.807, 2.05) is 0 Å². The number of fused-ring (bicyclic) bond motifs is 1. The van der Waals surface area contributed by atoms with Gasteiger partial charge in [-0.3, -0.25) is 0 Å². The van der Waals surface area contributed by atoms with Crippen molar-refractivity contribution >= 4 is 35.9 Å². The predicted molar refractivity (Wildman–Crippen MR) is 101 cm³/mol. The highest BCUT2D eigenvalue weighted by atomic mass is 35.5. The predicted octanol–water partition coefficient (Wildman–Crippen LogP) is 5.66. The fraction of sp³-hybridized carbons (Fsp3) is 0.611. The molecule has 0 aliphatic heterocycles. The van der Waals surface area contributed by atoms with Crippen LogP contribution in [0.2, 0.25) is 21.6 Å². The Morgan fingerprint density at radius 3 is 2.09 bits per heavy atom. The molecule has 0 aliphatic carbocycles. The number of aromatic amines is 1. The summed E-state index contributed by atoms with van der Waals surface area (Å²) in [5.74, 6) is 0. The minimum atomic E-state index is -1.78. The van der Waals surface area contributed by atoms with Gasteiger partial charge < -0.3 is 4.98 Å². The van der Waals surface area contributed by atoms with Gasteiger partial charge >= 0.3 is 0 Å². The second-order valence-corrected chi connectivity index (χ2v) is 13.5. The number of nitrogens with one attached hydrogen (secondary N) is 1. The summed E-state index contributed by atoms with van der Waals surface area (Å²) >= 11 is 6.96. The van der Waals surface area contributed by atoms with Crippen LogP contribution in [0.4, 0.5) is 0 Å². The van der Waals surface area contributed by atoms with Crippen molar-refractivity contribution < 1.29 is 0 Å². The summed E-state index contributed by atoms with van der Waals surface area (Å²) in [6, 6.07) is 0. The maximum absolute atomic E-state index is 6.96. The molecule has 0 aliphatic rings. The van der Waals surface area contributed by atoms with E-state index in [0.717, 1.165) is 22.5 Å². The largest absolute Gasteiger partial charge is 0.346 e. The summed E-state index contributed by atoms with van der Waals surface area (Å²) in [6.07, 6.45) is 5.09.